The summed E-state index contributed by atoms with van der Waals surface area (Å²) < 4.78 is 0. The average Bonchev–Trinajstić information content (AvgIpc) is 2.66. The predicted octanol–water partition coefficient (Wildman–Crippen LogP) is 3.24. The van der Waals surface area contributed by atoms with Gasteiger partial charge in [0.25, 0.3) is 5.56 Å². The van der Waals surface area contributed by atoms with E-state index in [1.54, 1.807) is 24.8 Å². The van der Waals surface area contributed by atoms with Gasteiger partial charge in [0.1, 0.15) is 0 Å². The van der Waals surface area contributed by atoms with Crippen LogP contribution >= 0.6 is 11.6 Å². The van der Waals surface area contributed by atoms with Gasteiger partial charge < -0.3 is 5.32 Å². The third-order valence-corrected chi connectivity index (χ3v) is 4.30. The first kappa shape index (κ1) is 18.1. The molecule has 3 aromatic heterocycles. The van der Waals surface area contributed by atoms with E-state index in [9.17, 15) is 4.79 Å². The molecule has 7 heteroatoms. The van der Waals surface area contributed by atoms with E-state index in [0.717, 1.165) is 37.1 Å². The molecular formula is C19H20ClN5O. The summed E-state index contributed by atoms with van der Waals surface area (Å²) in [6.45, 7) is 0.718. The van der Waals surface area contributed by atoms with Gasteiger partial charge in [-0.2, -0.15) is 0 Å². The van der Waals surface area contributed by atoms with Crippen molar-refractivity contribution in [1.29, 1.82) is 0 Å². The number of nitrogens with zero attached hydrogens (tertiary/aromatic N) is 3. The van der Waals surface area contributed by atoms with Gasteiger partial charge in [-0.05, 0) is 43.0 Å². The number of unbranched alkanes of at least 4 members (excludes halogenated alkanes) is 1. The first-order valence-corrected chi connectivity index (χ1v) is 8.90. The van der Waals surface area contributed by atoms with E-state index < -0.39 is 0 Å². The summed E-state index contributed by atoms with van der Waals surface area (Å²) in [7, 11) is 0. The Morgan fingerprint density at radius 1 is 1.08 bits per heavy atom. The van der Waals surface area contributed by atoms with Crippen molar-refractivity contribution < 1.29 is 0 Å². The van der Waals surface area contributed by atoms with Gasteiger partial charge in [-0.1, -0.05) is 17.7 Å². The number of aromatic nitrogens is 4. The van der Waals surface area contributed by atoms with Crippen LogP contribution in [0.3, 0.4) is 0 Å². The zero-order valence-electron chi connectivity index (χ0n) is 14.3. The Morgan fingerprint density at radius 3 is 2.73 bits per heavy atom. The highest BCUT2D eigenvalue weighted by molar-refractivity contribution is 6.31. The Kier molecular flexibility index (Phi) is 6.33. The molecule has 0 amide bonds. The number of halogens is 1. The molecule has 2 N–H and O–H groups in total. The number of hydrogen-bond acceptors (Lipinski definition) is 5. The predicted molar refractivity (Wildman–Crippen MR) is 103 cm³/mol. The third-order valence-electron chi connectivity index (χ3n) is 3.96. The molecule has 0 aliphatic heterocycles. The van der Waals surface area contributed by atoms with E-state index in [1.807, 2.05) is 24.3 Å². The van der Waals surface area contributed by atoms with E-state index in [-0.39, 0.29) is 5.56 Å². The van der Waals surface area contributed by atoms with Crippen molar-refractivity contribution in [2.24, 2.45) is 0 Å². The maximum absolute atomic E-state index is 12.2. The van der Waals surface area contributed by atoms with E-state index in [0.29, 0.717) is 23.0 Å². The quantitative estimate of drug-likeness (QED) is 0.595. The molecule has 0 unspecified atom stereocenters. The van der Waals surface area contributed by atoms with Crippen molar-refractivity contribution in [1.82, 2.24) is 19.9 Å². The molecule has 0 atom stereocenters. The van der Waals surface area contributed by atoms with Crippen molar-refractivity contribution >= 4 is 17.5 Å². The van der Waals surface area contributed by atoms with Gasteiger partial charge >= 0.3 is 0 Å². The van der Waals surface area contributed by atoms with Crippen molar-refractivity contribution in [3.8, 4) is 0 Å². The van der Waals surface area contributed by atoms with Crippen LogP contribution in [0.4, 0.5) is 5.95 Å². The number of H-pyrrole nitrogens is 1. The first-order valence-electron chi connectivity index (χ1n) is 8.53. The molecule has 0 aromatic carbocycles. The average molecular weight is 370 g/mol. The molecule has 6 nitrogen and oxygen atoms in total. The minimum absolute atomic E-state index is 0.133. The molecule has 0 aliphatic rings. The number of aromatic amines is 1. The van der Waals surface area contributed by atoms with Crippen LogP contribution in [0.2, 0.25) is 5.02 Å². The summed E-state index contributed by atoms with van der Waals surface area (Å²) in [5.74, 6) is 0.487. The van der Waals surface area contributed by atoms with Crippen LogP contribution in [-0.2, 0) is 12.8 Å². The van der Waals surface area contributed by atoms with Gasteiger partial charge in [0, 0.05) is 43.3 Å². The van der Waals surface area contributed by atoms with Crippen LogP contribution in [0, 0.1) is 0 Å². The molecule has 3 heterocycles. The number of rotatable bonds is 8. The highest BCUT2D eigenvalue weighted by Crippen LogP contribution is 2.14. The molecule has 0 spiro atoms. The standard InChI is InChI=1S/C19H20ClN5O/c20-16-6-4-10-22-17(16)7-1-2-9-23-19-24-13-15(18(26)25-19)11-14-5-3-8-21-12-14/h3-6,8,10,12-13H,1-2,7,9,11H2,(H2,23,24,25,26). The second-order valence-corrected chi connectivity index (χ2v) is 6.35. The molecule has 0 saturated carbocycles. The maximum atomic E-state index is 12.2. The van der Waals surface area contributed by atoms with Crippen LogP contribution in [0.5, 0.6) is 0 Å². The van der Waals surface area contributed by atoms with Crippen LogP contribution in [0.25, 0.3) is 0 Å². The molecule has 134 valence electrons. The highest BCUT2D eigenvalue weighted by Gasteiger charge is 2.04. The number of hydrogen-bond donors (Lipinski definition) is 2. The Balaban J connectivity index is 1.46. The summed E-state index contributed by atoms with van der Waals surface area (Å²) in [5.41, 5.74) is 2.38. The lowest BCUT2D eigenvalue weighted by Crippen LogP contribution is -2.17. The fraction of sp³-hybridized carbons (Fsp3) is 0.263. The number of pyridine rings is 2. The summed E-state index contributed by atoms with van der Waals surface area (Å²) in [4.78, 5) is 27.6. The van der Waals surface area contributed by atoms with Gasteiger partial charge in [0.15, 0.2) is 0 Å². The lowest BCUT2D eigenvalue weighted by Gasteiger charge is -2.07. The molecule has 0 bridgehead atoms. The second kappa shape index (κ2) is 9.10. The van der Waals surface area contributed by atoms with Crippen molar-refractivity contribution in [3.63, 3.8) is 0 Å². The van der Waals surface area contributed by atoms with Gasteiger partial charge in [0.05, 0.1) is 10.7 Å². The lowest BCUT2D eigenvalue weighted by atomic mass is 10.1. The summed E-state index contributed by atoms with van der Waals surface area (Å²) in [6, 6.07) is 7.47. The summed E-state index contributed by atoms with van der Waals surface area (Å²) >= 11 is 6.09. The topological polar surface area (TPSA) is 83.6 Å². The van der Waals surface area contributed by atoms with E-state index in [1.165, 1.54) is 0 Å². The van der Waals surface area contributed by atoms with Gasteiger partial charge in [-0.3, -0.25) is 19.7 Å². The van der Waals surface area contributed by atoms with E-state index in [2.05, 4.69) is 25.3 Å². The summed E-state index contributed by atoms with van der Waals surface area (Å²) in [5, 5.41) is 3.85. The molecule has 0 aliphatic carbocycles. The number of anilines is 1. The number of aryl methyl sites for hydroxylation is 1. The Hall–Kier alpha value is -2.73. The van der Waals surface area contributed by atoms with Crippen LogP contribution in [0.1, 0.15) is 29.7 Å². The Morgan fingerprint density at radius 2 is 1.96 bits per heavy atom. The highest BCUT2D eigenvalue weighted by atomic mass is 35.5. The van der Waals surface area contributed by atoms with Gasteiger partial charge in [-0.15, -0.1) is 0 Å². The fourth-order valence-corrected chi connectivity index (χ4v) is 2.80. The molecule has 0 fully saturated rings. The first-order chi connectivity index (χ1) is 12.7. The second-order valence-electron chi connectivity index (χ2n) is 5.94. The third kappa shape index (κ3) is 5.13. The van der Waals surface area contributed by atoms with Gasteiger partial charge in [0.2, 0.25) is 5.95 Å². The Labute approximate surface area is 156 Å². The maximum Gasteiger partial charge on any atom is 0.255 e. The molecule has 3 rings (SSSR count). The van der Waals surface area contributed by atoms with Crippen LogP contribution in [0.15, 0.2) is 53.8 Å². The molecule has 0 saturated heterocycles. The van der Waals surface area contributed by atoms with E-state index >= 15 is 0 Å². The van der Waals surface area contributed by atoms with Crippen molar-refractivity contribution in [2.45, 2.75) is 25.7 Å². The minimum Gasteiger partial charge on any atom is -0.356 e. The normalized spacial score (nSPS) is 10.7. The largest absolute Gasteiger partial charge is 0.356 e. The van der Waals surface area contributed by atoms with Crippen LogP contribution < -0.4 is 10.9 Å². The van der Waals surface area contributed by atoms with Crippen LogP contribution in [-0.4, -0.2) is 26.5 Å². The Bertz CT molecular complexity index is 898. The number of nitrogens with one attached hydrogen (secondary N) is 2. The summed E-state index contributed by atoms with van der Waals surface area (Å²) in [6.07, 6.45) is 10.0. The lowest BCUT2D eigenvalue weighted by molar-refractivity contribution is 0.745. The molecular weight excluding hydrogens is 350 g/mol. The zero-order valence-corrected chi connectivity index (χ0v) is 15.0. The van der Waals surface area contributed by atoms with Gasteiger partial charge in [-0.25, -0.2) is 4.98 Å². The van der Waals surface area contributed by atoms with Crippen molar-refractivity contribution in [3.05, 3.63) is 81.3 Å². The molecule has 3 aromatic rings. The zero-order chi connectivity index (χ0) is 18.2. The smallest absolute Gasteiger partial charge is 0.255 e. The SMILES string of the molecule is O=c1[nH]c(NCCCCc2ncccc2Cl)ncc1Cc1cccnc1. The van der Waals surface area contributed by atoms with Crippen molar-refractivity contribution in [2.75, 3.05) is 11.9 Å². The van der Waals surface area contributed by atoms with E-state index in [4.69, 9.17) is 11.6 Å². The molecule has 0 radical (unpaired) electrons. The fourth-order valence-electron chi connectivity index (χ4n) is 2.59. The minimum atomic E-state index is -0.133. The molecule has 26 heavy (non-hydrogen) atoms. The monoisotopic (exact) mass is 369 g/mol.